The van der Waals surface area contributed by atoms with Crippen molar-refractivity contribution in [3.8, 4) is 0 Å². The Hall–Kier alpha value is -2.33. The van der Waals surface area contributed by atoms with Crippen LogP contribution in [0.4, 0.5) is 0 Å². The summed E-state index contributed by atoms with van der Waals surface area (Å²) in [6.07, 6.45) is 0. The summed E-state index contributed by atoms with van der Waals surface area (Å²) >= 11 is 6.18. The average Bonchev–Trinajstić information content (AvgIpc) is 2.80. The van der Waals surface area contributed by atoms with Crippen molar-refractivity contribution in [2.75, 3.05) is 0 Å². The first-order valence-corrected chi connectivity index (χ1v) is 6.46. The second kappa shape index (κ2) is 4.65. The van der Waals surface area contributed by atoms with Gasteiger partial charge in [0.2, 0.25) is 0 Å². The number of hydrogen-bond donors (Lipinski definition) is 2. The highest BCUT2D eigenvalue weighted by Crippen LogP contribution is 2.23. The zero-order valence-electron chi connectivity index (χ0n) is 10.7. The van der Waals surface area contributed by atoms with Crippen LogP contribution in [-0.2, 0) is 0 Å². The van der Waals surface area contributed by atoms with Crippen LogP contribution in [0.5, 0.6) is 0 Å². The summed E-state index contributed by atoms with van der Waals surface area (Å²) in [6.45, 7) is 1.85. The number of rotatable bonds is 2. The van der Waals surface area contributed by atoms with Crippen molar-refractivity contribution in [3.63, 3.8) is 0 Å². The third-order valence-electron chi connectivity index (χ3n) is 3.21. The Kier molecular flexibility index (Phi) is 2.95. The molecule has 0 aliphatic heterocycles. The number of H-pyrrole nitrogens is 2. The van der Waals surface area contributed by atoms with Crippen molar-refractivity contribution in [2.24, 2.45) is 0 Å². The lowest BCUT2D eigenvalue weighted by Gasteiger charge is -2.06. The molecule has 0 saturated carbocycles. The molecule has 3 rings (SSSR count). The van der Waals surface area contributed by atoms with Gasteiger partial charge in [-0.1, -0.05) is 23.7 Å². The molecule has 1 heterocycles. The fraction of sp³-hybridized carbons (Fsp3) is 0.0667. The Labute approximate surface area is 119 Å². The standard InChI is InChI=1S/C15H11ClN2O2/c1-8-3-2-4-10(13(8)16)14(19)9-5-6-11-12(7-9)18-15(20)17-11/h2-7H,1H3,(H2,17,18,20). The molecule has 3 aromatic rings. The monoisotopic (exact) mass is 286 g/mol. The molecule has 4 nitrogen and oxygen atoms in total. The van der Waals surface area contributed by atoms with Crippen LogP contribution in [-0.4, -0.2) is 15.8 Å². The van der Waals surface area contributed by atoms with Crippen molar-refractivity contribution in [1.82, 2.24) is 9.97 Å². The third-order valence-corrected chi connectivity index (χ3v) is 3.72. The molecule has 0 aliphatic rings. The van der Waals surface area contributed by atoms with Crippen LogP contribution in [0.25, 0.3) is 11.0 Å². The van der Waals surface area contributed by atoms with Gasteiger partial charge in [-0.3, -0.25) is 4.79 Å². The number of benzene rings is 2. The molecule has 5 heteroatoms. The van der Waals surface area contributed by atoms with Crippen LogP contribution >= 0.6 is 11.6 Å². The largest absolute Gasteiger partial charge is 0.323 e. The van der Waals surface area contributed by atoms with Gasteiger partial charge in [0, 0.05) is 11.1 Å². The quantitative estimate of drug-likeness (QED) is 0.711. The van der Waals surface area contributed by atoms with E-state index in [0.29, 0.717) is 27.2 Å². The number of imidazole rings is 1. The van der Waals surface area contributed by atoms with E-state index >= 15 is 0 Å². The first-order valence-electron chi connectivity index (χ1n) is 6.08. The summed E-state index contributed by atoms with van der Waals surface area (Å²) < 4.78 is 0. The minimum Gasteiger partial charge on any atom is -0.306 e. The molecule has 0 amide bonds. The lowest BCUT2D eigenvalue weighted by atomic mass is 10.0. The number of carbonyl (C=O) groups excluding carboxylic acids is 1. The molecule has 2 N–H and O–H groups in total. The first kappa shape index (κ1) is 12.7. The van der Waals surface area contributed by atoms with E-state index in [9.17, 15) is 9.59 Å². The van der Waals surface area contributed by atoms with E-state index in [0.717, 1.165) is 5.56 Å². The predicted octanol–water partition coefficient (Wildman–Crippen LogP) is 3.05. The van der Waals surface area contributed by atoms with Gasteiger partial charge in [-0.15, -0.1) is 0 Å². The normalized spacial score (nSPS) is 10.9. The van der Waals surface area contributed by atoms with Gasteiger partial charge >= 0.3 is 5.69 Å². The van der Waals surface area contributed by atoms with Gasteiger partial charge in [0.05, 0.1) is 16.1 Å². The van der Waals surface area contributed by atoms with Crippen LogP contribution in [0.15, 0.2) is 41.2 Å². The second-order valence-electron chi connectivity index (χ2n) is 4.61. The maximum Gasteiger partial charge on any atom is 0.323 e. The molecule has 0 atom stereocenters. The van der Waals surface area contributed by atoms with E-state index in [-0.39, 0.29) is 11.5 Å². The number of halogens is 1. The lowest BCUT2D eigenvalue weighted by molar-refractivity contribution is 0.103. The molecule has 1 aromatic heterocycles. The molecule has 2 aromatic carbocycles. The van der Waals surface area contributed by atoms with Gasteiger partial charge < -0.3 is 9.97 Å². The summed E-state index contributed by atoms with van der Waals surface area (Å²) in [5.74, 6) is -0.164. The lowest BCUT2D eigenvalue weighted by Crippen LogP contribution is -2.03. The van der Waals surface area contributed by atoms with E-state index in [1.54, 1.807) is 30.3 Å². The van der Waals surface area contributed by atoms with Crippen LogP contribution in [0.1, 0.15) is 21.5 Å². The maximum absolute atomic E-state index is 12.5. The van der Waals surface area contributed by atoms with Gasteiger partial charge in [0.1, 0.15) is 0 Å². The second-order valence-corrected chi connectivity index (χ2v) is 4.98. The number of aryl methyl sites for hydroxylation is 1. The Balaban J connectivity index is 2.12. The van der Waals surface area contributed by atoms with Crippen molar-refractivity contribution in [1.29, 1.82) is 0 Å². The summed E-state index contributed by atoms with van der Waals surface area (Å²) in [5, 5.41) is 0.458. The van der Waals surface area contributed by atoms with Gasteiger partial charge in [-0.25, -0.2) is 4.79 Å². The van der Waals surface area contributed by atoms with Crippen LogP contribution < -0.4 is 5.69 Å². The summed E-state index contributed by atoms with van der Waals surface area (Å²) in [7, 11) is 0. The number of hydrogen-bond acceptors (Lipinski definition) is 2. The van der Waals surface area contributed by atoms with E-state index in [4.69, 9.17) is 11.6 Å². The highest BCUT2D eigenvalue weighted by atomic mass is 35.5. The van der Waals surface area contributed by atoms with E-state index < -0.39 is 0 Å². The molecule has 0 bridgehead atoms. The Bertz CT molecular complexity index is 877. The van der Waals surface area contributed by atoms with Crippen molar-refractivity contribution >= 4 is 28.4 Å². The van der Waals surface area contributed by atoms with Gasteiger partial charge in [0.25, 0.3) is 0 Å². The molecule has 0 aliphatic carbocycles. The van der Waals surface area contributed by atoms with Crippen LogP contribution in [0.2, 0.25) is 5.02 Å². The zero-order valence-corrected chi connectivity index (χ0v) is 11.4. The summed E-state index contributed by atoms with van der Waals surface area (Å²) in [5.41, 5.74) is 2.78. The number of aromatic amines is 2. The van der Waals surface area contributed by atoms with E-state index in [2.05, 4.69) is 9.97 Å². The molecule has 0 fully saturated rings. The highest BCUT2D eigenvalue weighted by molar-refractivity contribution is 6.35. The fourth-order valence-electron chi connectivity index (χ4n) is 2.15. The fourth-order valence-corrected chi connectivity index (χ4v) is 2.36. The van der Waals surface area contributed by atoms with E-state index in [1.807, 2.05) is 13.0 Å². The molecule has 0 unspecified atom stereocenters. The average molecular weight is 287 g/mol. The van der Waals surface area contributed by atoms with Gasteiger partial charge in [-0.2, -0.15) is 0 Å². The minimum atomic E-state index is -0.293. The highest BCUT2D eigenvalue weighted by Gasteiger charge is 2.14. The topological polar surface area (TPSA) is 65.7 Å². The summed E-state index contributed by atoms with van der Waals surface area (Å²) in [6, 6.07) is 10.4. The molecular formula is C15H11ClN2O2. The summed E-state index contributed by atoms with van der Waals surface area (Å²) in [4.78, 5) is 29.0. The van der Waals surface area contributed by atoms with Gasteiger partial charge in [-0.05, 0) is 36.8 Å². The molecular weight excluding hydrogens is 276 g/mol. The number of nitrogens with one attached hydrogen (secondary N) is 2. The van der Waals surface area contributed by atoms with Crippen molar-refractivity contribution in [3.05, 3.63) is 68.6 Å². The number of carbonyl (C=O) groups is 1. The number of ketones is 1. The molecule has 0 radical (unpaired) electrons. The third kappa shape index (κ3) is 2.04. The maximum atomic E-state index is 12.5. The number of aromatic nitrogens is 2. The Morgan fingerprint density at radius 2 is 1.85 bits per heavy atom. The van der Waals surface area contributed by atoms with Crippen LogP contribution in [0, 0.1) is 6.92 Å². The van der Waals surface area contributed by atoms with Crippen molar-refractivity contribution in [2.45, 2.75) is 6.92 Å². The van der Waals surface area contributed by atoms with E-state index in [1.165, 1.54) is 0 Å². The molecule has 0 spiro atoms. The van der Waals surface area contributed by atoms with Crippen molar-refractivity contribution < 1.29 is 4.79 Å². The smallest absolute Gasteiger partial charge is 0.306 e. The molecule has 100 valence electrons. The predicted molar refractivity (Wildman–Crippen MR) is 78.5 cm³/mol. The Morgan fingerprint density at radius 3 is 2.65 bits per heavy atom. The number of fused-ring (bicyclic) bond motifs is 1. The SMILES string of the molecule is Cc1cccc(C(=O)c2ccc3[nH]c(=O)[nH]c3c2)c1Cl. The Morgan fingerprint density at radius 1 is 1.10 bits per heavy atom. The zero-order chi connectivity index (χ0) is 14.3. The van der Waals surface area contributed by atoms with Crippen LogP contribution in [0.3, 0.4) is 0 Å². The van der Waals surface area contributed by atoms with Gasteiger partial charge in [0.15, 0.2) is 5.78 Å². The molecule has 0 saturated heterocycles. The minimum absolute atomic E-state index is 0.164. The first-order chi connectivity index (χ1) is 9.56. The molecule has 20 heavy (non-hydrogen) atoms.